The number of anilines is 2. The van der Waals surface area contributed by atoms with Crippen LogP contribution in [-0.4, -0.2) is 34.8 Å². The fraction of sp³-hybridized carbons (Fsp3) is 0.312. The molecular weight excluding hydrogens is 348 g/mol. The monoisotopic (exact) mass is 364 g/mol. The van der Waals surface area contributed by atoms with E-state index in [-0.39, 0.29) is 11.8 Å². The molecule has 2 heterocycles. The van der Waals surface area contributed by atoms with Crippen molar-refractivity contribution in [3.63, 3.8) is 0 Å². The topological polar surface area (TPSA) is 74.3 Å². The predicted octanol–water partition coefficient (Wildman–Crippen LogP) is 2.75. The average Bonchev–Trinajstić information content (AvgIpc) is 2.90. The second kappa shape index (κ2) is 7.29. The molecule has 1 aliphatic rings. The summed E-state index contributed by atoms with van der Waals surface area (Å²) < 4.78 is 0. The molecule has 3 rings (SSSR count). The number of aromatic nitrogens is 1. The number of fused-ring (bicyclic) bond motifs is 1. The lowest BCUT2D eigenvalue weighted by Crippen LogP contribution is -2.36. The van der Waals surface area contributed by atoms with Gasteiger partial charge in [0.1, 0.15) is 0 Å². The number of hydrogen-bond acceptors (Lipinski definition) is 5. The molecule has 24 heavy (non-hydrogen) atoms. The molecular formula is C16H17ClN4O2S. The highest BCUT2D eigenvalue weighted by Gasteiger charge is 2.22. The number of carbonyl (C=O) groups is 2. The molecule has 0 spiro atoms. The summed E-state index contributed by atoms with van der Waals surface area (Å²) in [6, 6.07) is 7.03. The molecule has 0 saturated carbocycles. The van der Waals surface area contributed by atoms with E-state index in [1.807, 2.05) is 0 Å². The number of nitrogens with zero attached hydrogens (tertiary/aromatic N) is 2. The molecule has 0 fully saturated rings. The van der Waals surface area contributed by atoms with Gasteiger partial charge in [-0.25, -0.2) is 4.98 Å². The van der Waals surface area contributed by atoms with Crippen LogP contribution >= 0.6 is 22.9 Å². The van der Waals surface area contributed by atoms with Gasteiger partial charge in [-0.2, -0.15) is 0 Å². The van der Waals surface area contributed by atoms with E-state index in [1.165, 1.54) is 18.3 Å². The minimum absolute atomic E-state index is 0.0626. The third-order valence-corrected chi connectivity index (χ3v) is 4.84. The molecule has 0 radical (unpaired) electrons. The van der Waals surface area contributed by atoms with Crippen molar-refractivity contribution < 1.29 is 9.59 Å². The van der Waals surface area contributed by atoms with E-state index in [1.54, 1.807) is 24.3 Å². The first-order valence-corrected chi connectivity index (χ1v) is 8.73. The summed E-state index contributed by atoms with van der Waals surface area (Å²) in [7, 11) is 0. The lowest BCUT2D eigenvalue weighted by molar-refractivity contribution is -0.117. The molecule has 1 aliphatic heterocycles. The highest BCUT2D eigenvalue weighted by atomic mass is 35.5. The second-order valence-corrected chi connectivity index (χ2v) is 7.11. The molecule has 1 aromatic carbocycles. The molecule has 0 atom stereocenters. The Balaban J connectivity index is 1.57. The largest absolute Gasteiger partial charge is 0.325 e. The number of amides is 2. The SMILES string of the molecule is CC(=O)Nc1nc2c(s1)CN(CC(=O)Nc1ccc(Cl)cc1)CC2. The van der Waals surface area contributed by atoms with Gasteiger partial charge < -0.3 is 10.6 Å². The Morgan fingerprint density at radius 2 is 2.04 bits per heavy atom. The van der Waals surface area contributed by atoms with E-state index in [0.717, 1.165) is 29.2 Å². The molecule has 6 nitrogen and oxygen atoms in total. The molecule has 0 bridgehead atoms. The first kappa shape index (κ1) is 16.9. The van der Waals surface area contributed by atoms with Gasteiger partial charge in [0.25, 0.3) is 0 Å². The Morgan fingerprint density at radius 3 is 2.75 bits per heavy atom. The minimum Gasteiger partial charge on any atom is -0.325 e. The van der Waals surface area contributed by atoms with Crippen LogP contribution in [0.5, 0.6) is 0 Å². The smallest absolute Gasteiger partial charge is 0.238 e. The summed E-state index contributed by atoms with van der Waals surface area (Å²) >= 11 is 7.30. The molecule has 2 amide bonds. The first-order valence-electron chi connectivity index (χ1n) is 7.53. The molecule has 0 saturated heterocycles. The number of halogens is 1. The predicted molar refractivity (Wildman–Crippen MR) is 95.5 cm³/mol. The van der Waals surface area contributed by atoms with Crippen LogP contribution in [0.4, 0.5) is 10.8 Å². The van der Waals surface area contributed by atoms with Crippen molar-refractivity contribution in [2.75, 3.05) is 23.7 Å². The lowest BCUT2D eigenvalue weighted by Gasteiger charge is -2.25. The molecule has 0 aliphatic carbocycles. The fourth-order valence-corrected chi connectivity index (χ4v) is 3.75. The molecule has 0 unspecified atom stereocenters. The number of carbonyl (C=O) groups excluding carboxylic acids is 2. The van der Waals surface area contributed by atoms with Crippen LogP contribution in [0.1, 0.15) is 17.5 Å². The summed E-state index contributed by atoms with van der Waals surface area (Å²) in [6.07, 6.45) is 0.777. The van der Waals surface area contributed by atoms with Gasteiger partial charge in [0, 0.05) is 42.0 Å². The standard InChI is InChI=1S/C16H17ClN4O2S/c1-10(22)18-16-20-13-6-7-21(8-14(13)24-16)9-15(23)19-12-4-2-11(17)3-5-12/h2-5H,6-9H2,1H3,(H,19,23)(H,18,20,22). The third-order valence-electron chi connectivity index (χ3n) is 3.59. The molecule has 8 heteroatoms. The zero-order valence-corrected chi connectivity index (χ0v) is 14.7. The highest BCUT2D eigenvalue weighted by Crippen LogP contribution is 2.28. The quantitative estimate of drug-likeness (QED) is 0.874. The van der Waals surface area contributed by atoms with E-state index in [2.05, 4.69) is 20.5 Å². The zero-order chi connectivity index (χ0) is 17.1. The van der Waals surface area contributed by atoms with Crippen molar-refractivity contribution in [2.45, 2.75) is 19.9 Å². The maximum absolute atomic E-state index is 12.2. The van der Waals surface area contributed by atoms with Crippen LogP contribution < -0.4 is 10.6 Å². The molecule has 1 aromatic heterocycles. The van der Waals surface area contributed by atoms with Crippen LogP contribution in [0.2, 0.25) is 5.02 Å². The Kier molecular flexibility index (Phi) is 5.13. The Bertz CT molecular complexity index is 760. The van der Waals surface area contributed by atoms with Crippen LogP contribution in [-0.2, 0) is 22.6 Å². The van der Waals surface area contributed by atoms with Crippen LogP contribution in [0.15, 0.2) is 24.3 Å². The normalized spacial score (nSPS) is 14.1. The number of hydrogen-bond donors (Lipinski definition) is 2. The Hall–Kier alpha value is -1.96. The van der Waals surface area contributed by atoms with Crippen molar-refractivity contribution in [3.05, 3.63) is 39.9 Å². The molecule has 126 valence electrons. The van der Waals surface area contributed by atoms with Crippen molar-refractivity contribution in [1.29, 1.82) is 0 Å². The number of rotatable bonds is 4. The Labute approximate surface area is 148 Å². The van der Waals surface area contributed by atoms with Crippen LogP contribution in [0, 0.1) is 0 Å². The van der Waals surface area contributed by atoms with E-state index in [4.69, 9.17) is 11.6 Å². The summed E-state index contributed by atoms with van der Waals surface area (Å²) in [5.41, 5.74) is 1.74. The minimum atomic E-state index is -0.125. The third kappa shape index (κ3) is 4.31. The Morgan fingerprint density at radius 1 is 1.29 bits per heavy atom. The van der Waals surface area contributed by atoms with Crippen molar-refractivity contribution >= 4 is 45.6 Å². The fourth-order valence-electron chi connectivity index (χ4n) is 2.52. The van der Waals surface area contributed by atoms with E-state index >= 15 is 0 Å². The van der Waals surface area contributed by atoms with E-state index in [9.17, 15) is 9.59 Å². The number of thiazole rings is 1. The first-order chi connectivity index (χ1) is 11.5. The maximum atomic E-state index is 12.2. The van der Waals surface area contributed by atoms with Gasteiger partial charge in [-0.1, -0.05) is 11.6 Å². The van der Waals surface area contributed by atoms with Crippen molar-refractivity contribution in [3.8, 4) is 0 Å². The highest BCUT2D eigenvalue weighted by molar-refractivity contribution is 7.15. The zero-order valence-electron chi connectivity index (χ0n) is 13.1. The molecule has 2 N–H and O–H groups in total. The van der Waals surface area contributed by atoms with Gasteiger partial charge in [0.15, 0.2) is 5.13 Å². The van der Waals surface area contributed by atoms with Gasteiger partial charge in [-0.3, -0.25) is 14.5 Å². The summed E-state index contributed by atoms with van der Waals surface area (Å²) in [6.45, 7) is 3.22. The van der Waals surface area contributed by atoms with Crippen molar-refractivity contribution in [1.82, 2.24) is 9.88 Å². The van der Waals surface area contributed by atoms with Crippen molar-refractivity contribution in [2.24, 2.45) is 0 Å². The second-order valence-electron chi connectivity index (χ2n) is 5.59. The molecule has 2 aromatic rings. The average molecular weight is 365 g/mol. The van der Waals surface area contributed by atoms with Gasteiger partial charge in [-0.15, -0.1) is 11.3 Å². The maximum Gasteiger partial charge on any atom is 0.238 e. The van der Waals surface area contributed by atoms with Crippen LogP contribution in [0.3, 0.4) is 0 Å². The van der Waals surface area contributed by atoms with Gasteiger partial charge in [0.2, 0.25) is 11.8 Å². The number of benzene rings is 1. The number of nitrogens with one attached hydrogen (secondary N) is 2. The van der Waals surface area contributed by atoms with Gasteiger partial charge >= 0.3 is 0 Å². The summed E-state index contributed by atoms with van der Waals surface area (Å²) in [5, 5.41) is 6.84. The van der Waals surface area contributed by atoms with E-state index in [0.29, 0.717) is 23.2 Å². The van der Waals surface area contributed by atoms with E-state index < -0.39 is 0 Å². The van der Waals surface area contributed by atoms with Gasteiger partial charge in [0.05, 0.1) is 12.2 Å². The summed E-state index contributed by atoms with van der Waals surface area (Å²) in [5.74, 6) is -0.187. The van der Waals surface area contributed by atoms with Crippen LogP contribution in [0.25, 0.3) is 0 Å². The lowest BCUT2D eigenvalue weighted by atomic mass is 10.2. The summed E-state index contributed by atoms with van der Waals surface area (Å²) in [4.78, 5) is 30.9. The van der Waals surface area contributed by atoms with Gasteiger partial charge in [-0.05, 0) is 24.3 Å².